The number of carbonyl (C=O) groups is 1. The first kappa shape index (κ1) is 23.5. The largest absolute Gasteiger partial charge is 0.404 e. The number of sulfonamides is 1. The lowest BCUT2D eigenvalue weighted by molar-refractivity contribution is -0.121. The summed E-state index contributed by atoms with van der Waals surface area (Å²) in [6, 6.07) is 5.93. The van der Waals surface area contributed by atoms with Crippen molar-refractivity contribution in [3.8, 4) is 0 Å². The van der Waals surface area contributed by atoms with Crippen molar-refractivity contribution in [3.63, 3.8) is 0 Å². The van der Waals surface area contributed by atoms with E-state index in [0.29, 0.717) is 23.0 Å². The van der Waals surface area contributed by atoms with Gasteiger partial charge in [0, 0.05) is 17.3 Å². The van der Waals surface area contributed by atoms with Gasteiger partial charge in [0.25, 0.3) is 0 Å². The number of rotatable bonds is 8. The van der Waals surface area contributed by atoms with Crippen LogP contribution in [0.15, 0.2) is 35.8 Å². The second kappa shape index (κ2) is 9.15. The van der Waals surface area contributed by atoms with Crippen LogP contribution in [0.4, 0.5) is 24.0 Å². The van der Waals surface area contributed by atoms with E-state index in [4.69, 9.17) is 0 Å². The number of nitrogens with one attached hydrogen (secondary N) is 2. The summed E-state index contributed by atoms with van der Waals surface area (Å²) in [5.74, 6) is -1.80. The minimum absolute atomic E-state index is 0.0107. The topological polar surface area (TPSA) is 88.2 Å². The Balaban J connectivity index is 1.82. The van der Waals surface area contributed by atoms with Crippen LogP contribution in [0.2, 0.25) is 0 Å². The smallest absolute Gasteiger partial charge is 0.301 e. The van der Waals surface area contributed by atoms with E-state index >= 15 is 0 Å². The summed E-state index contributed by atoms with van der Waals surface area (Å²) in [5.41, 5.74) is -0.229. The van der Waals surface area contributed by atoms with Gasteiger partial charge in [-0.15, -0.1) is 11.3 Å². The first-order valence-corrected chi connectivity index (χ1v) is 12.4. The molecule has 170 valence electrons. The van der Waals surface area contributed by atoms with Crippen LogP contribution in [0.5, 0.6) is 0 Å². The summed E-state index contributed by atoms with van der Waals surface area (Å²) >= 11 is 1.31. The third-order valence-electron chi connectivity index (χ3n) is 5.47. The van der Waals surface area contributed by atoms with Crippen molar-refractivity contribution >= 4 is 38.1 Å². The monoisotopic (exact) mass is 475 g/mol. The van der Waals surface area contributed by atoms with Gasteiger partial charge >= 0.3 is 6.18 Å². The number of aromatic nitrogens is 1. The van der Waals surface area contributed by atoms with Crippen molar-refractivity contribution in [2.45, 2.75) is 50.6 Å². The summed E-state index contributed by atoms with van der Waals surface area (Å²) in [4.78, 5) is 17.3. The molecule has 1 amide bonds. The number of carbonyl (C=O) groups excluding carboxylic acids is 1. The van der Waals surface area contributed by atoms with Crippen LogP contribution in [-0.2, 0) is 20.2 Å². The van der Waals surface area contributed by atoms with Crippen LogP contribution < -0.4 is 10.0 Å². The Morgan fingerprint density at radius 1 is 1.19 bits per heavy atom. The molecule has 1 aromatic heterocycles. The molecule has 0 saturated heterocycles. The van der Waals surface area contributed by atoms with Gasteiger partial charge in [0.1, 0.15) is 0 Å². The lowest BCUT2D eigenvalue weighted by Gasteiger charge is -2.31. The minimum atomic E-state index is -4.83. The van der Waals surface area contributed by atoms with Crippen LogP contribution in [0.25, 0.3) is 0 Å². The van der Waals surface area contributed by atoms with E-state index in [1.54, 1.807) is 23.7 Å². The zero-order chi connectivity index (χ0) is 22.7. The highest BCUT2D eigenvalue weighted by molar-refractivity contribution is 7.92. The molecule has 1 heterocycles. The molecule has 1 aromatic carbocycles. The lowest BCUT2D eigenvalue weighted by atomic mass is 9.74. The van der Waals surface area contributed by atoms with Gasteiger partial charge in [0.2, 0.25) is 15.9 Å². The van der Waals surface area contributed by atoms with Crippen LogP contribution >= 0.6 is 11.3 Å². The second-order valence-electron chi connectivity index (χ2n) is 8.03. The van der Waals surface area contributed by atoms with Crippen molar-refractivity contribution in [2.75, 3.05) is 15.8 Å². The fourth-order valence-corrected chi connectivity index (χ4v) is 5.51. The standard InChI is InChI=1S/C20H24F3N3O3S2/c1-19(12-14-4-2-3-5-14,17(27)25-18-24-10-11-30-18)15-6-8-16(9-7-15)26-31(28,29)13-20(21,22)23/h6-11,14,26H,2-5,12-13H2,1H3,(H,24,25,27). The van der Waals surface area contributed by atoms with Gasteiger partial charge < -0.3 is 5.32 Å². The second-order valence-corrected chi connectivity index (χ2v) is 10.6. The first-order chi connectivity index (χ1) is 14.5. The van der Waals surface area contributed by atoms with Crippen LogP contribution in [-0.4, -0.2) is 31.2 Å². The molecule has 1 aliphatic rings. The fourth-order valence-electron chi connectivity index (χ4n) is 3.99. The molecule has 3 rings (SSSR count). The number of benzene rings is 1. The summed E-state index contributed by atoms with van der Waals surface area (Å²) in [7, 11) is -4.57. The van der Waals surface area contributed by atoms with Gasteiger partial charge in [0.05, 0.1) is 5.41 Å². The van der Waals surface area contributed by atoms with Crippen molar-refractivity contribution < 1.29 is 26.4 Å². The molecule has 31 heavy (non-hydrogen) atoms. The van der Waals surface area contributed by atoms with E-state index < -0.39 is 27.4 Å². The number of alkyl halides is 3. The number of nitrogens with zero attached hydrogens (tertiary/aromatic N) is 1. The van der Waals surface area contributed by atoms with Crippen molar-refractivity contribution in [3.05, 3.63) is 41.4 Å². The quantitative estimate of drug-likeness (QED) is 0.567. The number of thiazole rings is 1. The normalized spacial score (nSPS) is 17.3. The van der Waals surface area contributed by atoms with Gasteiger partial charge in [0.15, 0.2) is 10.9 Å². The molecular formula is C20H24F3N3O3S2. The van der Waals surface area contributed by atoms with Crippen molar-refractivity contribution in [2.24, 2.45) is 5.92 Å². The number of halogens is 3. The number of anilines is 2. The van der Waals surface area contributed by atoms with Gasteiger partial charge in [-0.3, -0.25) is 9.52 Å². The third kappa shape index (κ3) is 6.42. The maximum atomic E-state index is 13.2. The molecular weight excluding hydrogens is 451 g/mol. The van der Waals surface area contributed by atoms with Crippen molar-refractivity contribution in [1.82, 2.24) is 4.98 Å². The molecule has 1 saturated carbocycles. The van der Waals surface area contributed by atoms with Gasteiger partial charge in [-0.2, -0.15) is 13.2 Å². The van der Waals surface area contributed by atoms with E-state index in [1.165, 1.54) is 23.5 Å². The molecule has 0 bridgehead atoms. The highest BCUT2D eigenvalue weighted by Crippen LogP contribution is 2.39. The zero-order valence-electron chi connectivity index (χ0n) is 16.9. The third-order valence-corrected chi connectivity index (χ3v) is 7.42. The predicted octanol–water partition coefficient (Wildman–Crippen LogP) is 4.92. The van der Waals surface area contributed by atoms with Crippen LogP contribution in [0.1, 0.15) is 44.6 Å². The highest BCUT2D eigenvalue weighted by atomic mass is 32.2. The first-order valence-electron chi connectivity index (χ1n) is 9.86. The van der Waals surface area contributed by atoms with E-state index in [9.17, 15) is 26.4 Å². The molecule has 2 N–H and O–H groups in total. The van der Waals surface area contributed by atoms with Crippen LogP contribution in [0.3, 0.4) is 0 Å². The zero-order valence-corrected chi connectivity index (χ0v) is 18.5. The maximum absolute atomic E-state index is 13.2. The van der Waals surface area contributed by atoms with E-state index in [2.05, 4.69) is 10.3 Å². The average Bonchev–Trinajstić information content (AvgIpc) is 3.33. The molecule has 0 radical (unpaired) electrons. The van der Waals surface area contributed by atoms with E-state index in [-0.39, 0.29) is 11.6 Å². The fraction of sp³-hybridized carbons (Fsp3) is 0.500. The van der Waals surface area contributed by atoms with Gasteiger partial charge in [-0.1, -0.05) is 37.8 Å². The summed E-state index contributed by atoms with van der Waals surface area (Å²) in [5, 5.41) is 5.09. The van der Waals surface area contributed by atoms with Crippen molar-refractivity contribution in [1.29, 1.82) is 0 Å². The molecule has 0 aliphatic heterocycles. The Morgan fingerprint density at radius 3 is 2.39 bits per heavy atom. The van der Waals surface area contributed by atoms with Gasteiger partial charge in [-0.05, 0) is 37.0 Å². The molecule has 1 unspecified atom stereocenters. The maximum Gasteiger partial charge on any atom is 0.404 e. The minimum Gasteiger partial charge on any atom is -0.301 e. The molecule has 1 aliphatic carbocycles. The molecule has 1 atom stereocenters. The molecule has 11 heteroatoms. The van der Waals surface area contributed by atoms with Crippen LogP contribution in [0, 0.1) is 5.92 Å². The average molecular weight is 476 g/mol. The summed E-state index contributed by atoms with van der Waals surface area (Å²) < 4.78 is 62.7. The molecule has 2 aromatic rings. The summed E-state index contributed by atoms with van der Waals surface area (Å²) in [6.45, 7) is 1.83. The Bertz CT molecular complexity index is 987. The summed E-state index contributed by atoms with van der Waals surface area (Å²) in [6.07, 6.45) is 1.69. The SMILES string of the molecule is CC(CC1CCCC1)(C(=O)Nc1nccs1)c1ccc(NS(=O)(=O)CC(F)(F)F)cc1. The van der Waals surface area contributed by atoms with E-state index in [0.717, 1.165) is 25.7 Å². The highest BCUT2D eigenvalue weighted by Gasteiger charge is 2.39. The number of hydrogen-bond acceptors (Lipinski definition) is 5. The molecule has 0 spiro atoms. The number of hydrogen-bond donors (Lipinski definition) is 2. The number of amides is 1. The Morgan fingerprint density at radius 2 is 1.84 bits per heavy atom. The Kier molecular flexibility index (Phi) is 6.95. The van der Waals surface area contributed by atoms with Gasteiger partial charge in [-0.25, -0.2) is 13.4 Å². The predicted molar refractivity (Wildman–Crippen MR) is 115 cm³/mol. The molecule has 6 nitrogen and oxygen atoms in total. The Labute approximate surface area is 183 Å². The lowest BCUT2D eigenvalue weighted by Crippen LogP contribution is -2.39. The van der Waals surface area contributed by atoms with E-state index in [1.807, 2.05) is 11.6 Å². The Hall–Kier alpha value is -2.14. The molecule has 1 fully saturated rings.